The van der Waals surface area contributed by atoms with Gasteiger partial charge < -0.3 is 20.6 Å². The first-order valence-corrected chi connectivity index (χ1v) is 10.4. The van der Waals surface area contributed by atoms with E-state index in [4.69, 9.17) is 0 Å². The van der Waals surface area contributed by atoms with E-state index in [0.29, 0.717) is 0 Å². The molecule has 2 atom stereocenters. The molecule has 0 radical (unpaired) electrons. The fourth-order valence-corrected chi connectivity index (χ4v) is 3.40. The van der Waals surface area contributed by atoms with Crippen molar-refractivity contribution in [2.24, 2.45) is 11.3 Å². The molecule has 0 spiro atoms. The highest BCUT2D eigenvalue weighted by Gasteiger charge is 2.40. The molecule has 0 bridgehead atoms. The summed E-state index contributed by atoms with van der Waals surface area (Å²) in [7, 11) is 0. The lowest BCUT2D eigenvalue weighted by molar-refractivity contribution is -0.155. The zero-order valence-corrected chi connectivity index (χ0v) is 19.2. The highest BCUT2D eigenvalue weighted by atomic mass is 19.4. The number of carboxylic acids is 1. The van der Waals surface area contributed by atoms with Crippen LogP contribution in [-0.2, 0) is 15.8 Å². The molecule has 180 valence electrons. The summed E-state index contributed by atoms with van der Waals surface area (Å²) in [5.74, 6) is -1.68. The number of alkyl halides is 3. The third kappa shape index (κ3) is 7.72. The maximum atomic E-state index is 13.2. The third-order valence-corrected chi connectivity index (χ3v) is 4.77. The van der Waals surface area contributed by atoms with Crippen LogP contribution in [0.15, 0.2) is 24.3 Å². The van der Waals surface area contributed by atoms with Crippen molar-refractivity contribution in [2.75, 3.05) is 11.9 Å². The van der Waals surface area contributed by atoms with Crippen molar-refractivity contribution < 1.29 is 32.7 Å². The molecule has 0 fully saturated rings. The minimum atomic E-state index is -4.49. The maximum absolute atomic E-state index is 13.2. The molecule has 0 aromatic heterocycles. The molecule has 0 heterocycles. The van der Waals surface area contributed by atoms with Gasteiger partial charge in [0.05, 0.1) is 5.56 Å². The largest absolute Gasteiger partial charge is 0.480 e. The lowest BCUT2D eigenvalue weighted by atomic mass is 9.85. The summed E-state index contributed by atoms with van der Waals surface area (Å²) < 4.78 is 38.1. The SMILES string of the molecule is CCN(C(=O)[C@H](CC(C)C)NC(=O)Nc1ccc(C(F)(F)F)cc1)C(C(=O)O)C(C)(C)C. The Balaban J connectivity index is 3.05. The summed E-state index contributed by atoms with van der Waals surface area (Å²) in [6.07, 6.45) is -4.24. The Morgan fingerprint density at radius 3 is 1.97 bits per heavy atom. The highest BCUT2D eigenvalue weighted by molar-refractivity contribution is 5.95. The molecule has 1 aromatic carbocycles. The van der Waals surface area contributed by atoms with Crippen LogP contribution in [0.2, 0.25) is 0 Å². The molecule has 0 saturated heterocycles. The summed E-state index contributed by atoms with van der Waals surface area (Å²) in [6, 6.07) is 1.02. The van der Waals surface area contributed by atoms with Crippen LogP contribution in [-0.4, -0.2) is 46.5 Å². The van der Waals surface area contributed by atoms with Crippen molar-refractivity contribution in [3.63, 3.8) is 0 Å². The van der Waals surface area contributed by atoms with Gasteiger partial charge in [0.25, 0.3) is 0 Å². The Labute approximate surface area is 186 Å². The van der Waals surface area contributed by atoms with Crippen LogP contribution >= 0.6 is 0 Å². The normalized spacial score (nSPS) is 13.9. The van der Waals surface area contributed by atoms with E-state index in [1.54, 1.807) is 27.7 Å². The van der Waals surface area contributed by atoms with Gasteiger partial charge in [0.2, 0.25) is 5.91 Å². The minimum absolute atomic E-state index is 0.00643. The van der Waals surface area contributed by atoms with E-state index in [0.717, 1.165) is 24.3 Å². The quantitative estimate of drug-likeness (QED) is 0.530. The molecule has 0 aliphatic rings. The Hall–Kier alpha value is -2.78. The van der Waals surface area contributed by atoms with Crippen LogP contribution in [0.4, 0.5) is 23.7 Å². The average molecular weight is 460 g/mol. The fraction of sp³-hybridized carbons (Fsp3) is 0.591. The van der Waals surface area contributed by atoms with Gasteiger partial charge in [-0.1, -0.05) is 34.6 Å². The topological polar surface area (TPSA) is 98.7 Å². The molecule has 0 aliphatic carbocycles. The van der Waals surface area contributed by atoms with Gasteiger partial charge in [-0.05, 0) is 48.9 Å². The number of carbonyl (C=O) groups excluding carboxylic acids is 2. The van der Waals surface area contributed by atoms with Crippen LogP contribution in [0, 0.1) is 11.3 Å². The molecule has 0 aliphatic heterocycles. The van der Waals surface area contributed by atoms with E-state index in [1.165, 1.54) is 4.90 Å². The summed E-state index contributed by atoms with van der Waals surface area (Å²) in [5.41, 5.74) is -1.48. The van der Waals surface area contributed by atoms with Crippen LogP contribution in [0.3, 0.4) is 0 Å². The van der Waals surface area contributed by atoms with Gasteiger partial charge in [0.1, 0.15) is 12.1 Å². The summed E-state index contributed by atoms with van der Waals surface area (Å²) in [4.78, 5) is 38.8. The second-order valence-corrected chi connectivity index (χ2v) is 9.09. The molecule has 3 N–H and O–H groups in total. The second-order valence-electron chi connectivity index (χ2n) is 9.09. The minimum Gasteiger partial charge on any atom is -0.480 e. The van der Waals surface area contributed by atoms with E-state index in [1.807, 2.05) is 13.8 Å². The summed E-state index contributed by atoms with van der Waals surface area (Å²) >= 11 is 0. The first kappa shape index (κ1) is 27.3. The van der Waals surface area contributed by atoms with Crippen molar-refractivity contribution in [3.8, 4) is 0 Å². The molecule has 1 unspecified atom stereocenters. The monoisotopic (exact) mass is 459 g/mol. The summed E-state index contributed by atoms with van der Waals surface area (Å²) in [6.45, 7) is 10.6. The number of anilines is 1. The highest BCUT2D eigenvalue weighted by Crippen LogP contribution is 2.30. The summed E-state index contributed by atoms with van der Waals surface area (Å²) in [5, 5.41) is 14.7. The van der Waals surface area contributed by atoms with Crippen LogP contribution < -0.4 is 10.6 Å². The molecule has 1 aromatic rings. The number of halogens is 3. The van der Waals surface area contributed by atoms with Crippen LogP contribution in [0.25, 0.3) is 0 Å². The van der Waals surface area contributed by atoms with Crippen LogP contribution in [0.1, 0.15) is 53.5 Å². The number of carboxylic acid groups (broad SMARTS) is 1. The molecule has 3 amide bonds. The number of hydrogen-bond acceptors (Lipinski definition) is 3. The molecule has 0 saturated carbocycles. The van der Waals surface area contributed by atoms with Gasteiger partial charge in [-0.3, -0.25) is 4.79 Å². The fourth-order valence-electron chi connectivity index (χ4n) is 3.40. The predicted octanol–water partition coefficient (Wildman–Crippen LogP) is 4.59. The zero-order chi connectivity index (χ0) is 24.9. The molecule has 32 heavy (non-hydrogen) atoms. The van der Waals surface area contributed by atoms with E-state index >= 15 is 0 Å². The molecular weight excluding hydrogens is 427 g/mol. The Bertz CT molecular complexity index is 802. The number of urea groups is 1. The molecule has 10 heteroatoms. The first-order chi connectivity index (χ1) is 14.6. The molecular formula is C22H32F3N3O4. The lowest BCUT2D eigenvalue weighted by Crippen LogP contribution is -2.58. The number of nitrogens with one attached hydrogen (secondary N) is 2. The average Bonchev–Trinajstić information content (AvgIpc) is 2.62. The smallest absolute Gasteiger partial charge is 0.416 e. The molecule has 7 nitrogen and oxygen atoms in total. The van der Waals surface area contributed by atoms with E-state index in [-0.39, 0.29) is 24.6 Å². The van der Waals surface area contributed by atoms with Crippen molar-refractivity contribution in [1.82, 2.24) is 10.2 Å². The number of aliphatic carboxylic acids is 1. The molecule has 1 rings (SSSR count). The number of carbonyl (C=O) groups is 3. The Morgan fingerprint density at radius 2 is 1.59 bits per heavy atom. The maximum Gasteiger partial charge on any atom is 0.416 e. The van der Waals surface area contributed by atoms with Gasteiger partial charge in [-0.15, -0.1) is 0 Å². The Kier molecular flexibility index (Phi) is 9.11. The lowest BCUT2D eigenvalue weighted by Gasteiger charge is -2.38. The number of hydrogen-bond donors (Lipinski definition) is 3. The van der Waals surface area contributed by atoms with E-state index < -0.39 is 47.1 Å². The van der Waals surface area contributed by atoms with E-state index in [2.05, 4.69) is 10.6 Å². The predicted molar refractivity (Wildman–Crippen MR) is 115 cm³/mol. The van der Waals surface area contributed by atoms with Crippen molar-refractivity contribution in [1.29, 1.82) is 0 Å². The number of amides is 3. The third-order valence-electron chi connectivity index (χ3n) is 4.77. The number of benzene rings is 1. The van der Waals surface area contributed by atoms with Gasteiger partial charge in [-0.25, -0.2) is 9.59 Å². The number of likely N-dealkylation sites (N-methyl/N-ethyl adjacent to an activating group) is 1. The number of rotatable bonds is 8. The second kappa shape index (κ2) is 10.7. The van der Waals surface area contributed by atoms with Crippen molar-refractivity contribution in [2.45, 2.75) is 66.2 Å². The first-order valence-electron chi connectivity index (χ1n) is 10.4. The van der Waals surface area contributed by atoms with E-state index in [9.17, 15) is 32.7 Å². The van der Waals surface area contributed by atoms with Crippen LogP contribution in [0.5, 0.6) is 0 Å². The van der Waals surface area contributed by atoms with Gasteiger partial charge >= 0.3 is 18.2 Å². The van der Waals surface area contributed by atoms with Gasteiger partial charge in [-0.2, -0.15) is 13.2 Å². The standard InChI is InChI=1S/C22H32F3N3O4/c1-7-28(17(19(30)31)21(4,5)6)18(29)16(12-13(2)3)27-20(32)26-15-10-8-14(9-11-15)22(23,24)25/h8-11,13,16-17H,7,12H2,1-6H3,(H,30,31)(H2,26,27,32)/t16-,17?/m0/s1. The van der Waals surface area contributed by atoms with Gasteiger partial charge in [0.15, 0.2) is 0 Å². The van der Waals surface area contributed by atoms with Crippen molar-refractivity contribution in [3.05, 3.63) is 29.8 Å². The van der Waals surface area contributed by atoms with Crippen molar-refractivity contribution >= 4 is 23.6 Å². The van der Waals surface area contributed by atoms with Gasteiger partial charge in [0, 0.05) is 12.2 Å². The zero-order valence-electron chi connectivity index (χ0n) is 19.2. The Morgan fingerprint density at radius 1 is 1.06 bits per heavy atom. The number of nitrogens with zero attached hydrogens (tertiary/aromatic N) is 1.